The Morgan fingerprint density at radius 3 is 0.622 bits per heavy atom. The first kappa shape index (κ1) is 91.7. The Bertz CT molecular complexity index is 4960. The van der Waals surface area contributed by atoms with Gasteiger partial charge < -0.3 is 39.9 Å². The summed E-state index contributed by atoms with van der Waals surface area (Å²) < 4.78 is 0. The Morgan fingerprint density at radius 2 is 0.370 bits per heavy atom. The molecule has 0 fully saturated rings. The van der Waals surface area contributed by atoms with Crippen LogP contribution in [0.2, 0.25) is 0 Å². The zero-order valence-corrected chi connectivity index (χ0v) is 74.3. The fourth-order valence-electron chi connectivity index (χ4n) is 11.4. The summed E-state index contributed by atoms with van der Waals surface area (Å²) in [5.41, 5.74) is 24.4. The summed E-state index contributed by atoms with van der Waals surface area (Å²) in [7, 11) is 0. The van der Waals surface area contributed by atoms with E-state index >= 15 is 0 Å². The van der Waals surface area contributed by atoms with Gasteiger partial charge in [0.05, 0.1) is 0 Å². The summed E-state index contributed by atoms with van der Waals surface area (Å²) in [5, 5.41) is 0. The summed E-state index contributed by atoms with van der Waals surface area (Å²) in [5.74, 6) is 0. The molecule has 19 rings (SSSR count). The van der Waals surface area contributed by atoms with Crippen LogP contribution in [0.4, 0.5) is 0 Å². The standard InChI is InChI=1S/3C17H12N.C12H10N.4C11H8N.4Ir/c1-3-7-14(8-4-1)16-11-12-18-17(13-16)15-9-5-2-6-10-15;2*1-2-7-14(8-3-1)15-9-6-10-16(13-15)17-11-4-5-12-18-17;1-10-5-4-6-11(9-10)12-7-2-3-8-13-12;4*1-2-6-10(7-3-1)11-8-4-5-9-12-11;;;;/h3*1-9,11-13H;2-5,7-9H,1H3;4*1-6,8-9H;;;;/q8*-1;;;;. The van der Waals surface area contributed by atoms with E-state index in [-0.39, 0.29) is 80.4 Å². The molecule has 12 heteroatoms. The molecule has 0 bridgehead atoms. The molecular formula is C107H78Ir4N8-8. The number of hydrogen-bond donors (Lipinski definition) is 0. The molecule has 0 aliphatic carbocycles. The molecule has 0 saturated carbocycles. The number of nitrogens with zero attached hydrogens (tertiary/aromatic N) is 8. The molecule has 119 heavy (non-hydrogen) atoms. The van der Waals surface area contributed by atoms with Crippen LogP contribution in [0.3, 0.4) is 0 Å². The third-order valence-electron chi connectivity index (χ3n) is 17.0. The molecule has 0 N–H and O–H groups in total. The first-order valence-electron chi connectivity index (χ1n) is 37.4. The average molecular weight is 2240 g/mol. The second kappa shape index (κ2) is 52.7. The van der Waals surface area contributed by atoms with Crippen molar-refractivity contribution in [2.24, 2.45) is 0 Å². The van der Waals surface area contributed by atoms with Crippen LogP contribution in [-0.2, 0) is 80.4 Å². The zero-order valence-electron chi connectivity index (χ0n) is 64.7. The van der Waals surface area contributed by atoms with E-state index < -0.39 is 0 Å². The minimum atomic E-state index is 0. The normalized spacial score (nSPS) is 9.62. The van der Waals surface area contributed by atoms with Crippen molar-refractivity contribution in [1.82, 2.24) is 39.9 Å². The first-order chi connectivity index (χ1) is 57.0. The fraction of sp³-hybridized carbons (Fsp3) is 0.00935. The van der Waals surface area contributed by atoms with Gasteiger partial charge in [-0.3, -0.25) is 0 Å². The predicted molar refractivity (Wildman–Crippen MR) is 469 cm³/mol. The van der Waals surface area contributed by atoms with Gasteiger partial charge in [0.2, 0.25) is 0 Å². The van der Waals surface area contributed by atoms with Crippen LogP contribution in [0.1, 0.15) is 5.56 Å². The Labute approximate surface area is 754 Å². The number of pyridine rings is 8. The second-order valence-electron chi connectivity index (χ2n) is 25.2. The van der Waals surface area contributed by atoms with Crippen LogP contribution in [-0.4, -0.2) is 39.9 Å². The Hall–Kier alpha value is -12.8. The van der Waals surface area contributed by atoms with E-state index in [1.165, 1.54) is 38.9 Å². The van der Waals surface area contributed by atoms with E-state index in [0.717, 1.165) is 90.1 Å². The monoisotopic (exact) mass is 2250 g/mol. The molecule has 8 nitrogen and oxygen atoms in total. The Kier molecular flexibility index (Phi) is 40.6. The number of aromatic nitrogens is 8. The van der Waals surface area contributed by atoms with E-state index in [9.17, 15) is 0 Å². The summed E-state index contributed by atoms with van der Waals surface area (Å²) in [6, 6.07) is 159. The molecule has 0 aliphatic rings. The smallest absolute Gasteiger partial charge is 0.0166 e. The van der Waals surface area contributed by atoms with Crippen molar-refractivity contribution in [3.8, 4) is 123 Å². The van der Waals surface area contributed by atoms with Crippen LogP contribution in [0.25, 0.3) is 123 Å². The minimum absolute atomic E-state index is 0. The van der Waals surface area contributed by atoms with Crippen LogP contribution < -0.4 is 0 Å². The SMILES string of the molecule is Cc1cc[c-]c(-c2ccccn2)c1.[Ir].[Ir].[Ir].[Ir].[c-]1ccc(-c2ccccc2)cc1-c1ccccn1.[c-]1ccc(-c2ccccc2)cc1-c1ccccn1.[c-]1ccccc1-c1cc(-c2ccccc2)ccn1.[c-]1ccccc1-c1ccccn1.[c-]1ccccc1-c1ccccn1.[c-]1ccccc1-c1ccccn1.[c-]1ccccc1-c1ccccn1. The molecule has 0 spiro atoms. The first-order valence-corrected chi connectivity index (χ1v) is 37.4. The average Bonchev–Trinajstić information content (AvgIpc) is 0.845. The summed E-state index contributed by atoms with van der Waals surface area (Å²) in [6.45, 7) is 2.07. The van der Waals surface area contributed by atoms with Crippen molar-refractivity contribution in [1.29, 1.82) is 0 Å². The molecule has 8 aromatic heterocycles. The molecule has 0 atom stereocenters. The van der Waals surface area contributed by atoms with Crippen molar-refractivity contribution in [3.05, 3.63) is 510 Å². The van der Waals surface area contributed by atoms with E-state index in [1.54, 1.807) is 43.4 Å². The van der Waals surface area contributed by atoms with Gasteiger partial charge >= 0.3 is 0 Å². The van der Waals surface area contributed by atoms with E-state index in [1.807, 2.05) is 340 Å². The van der Waals surface area contributed by atoms with Crippen LogP contribution in [0.15, 0.2) is 456 Å². The van der Waals surface area contributed by atoms with Gasteiger partial charge in [-0.1, -0.05) is 189 Å². The maximum Gasteiger partial charge on any atom is 0.0166 e. The molecular weight excluding hydrogens is 2170 g/mol. The zero-order chi connectivity index (χ0) is 78.6. The van der Waals surface area contributed by atoms with Gasteiger partial charge in [-0.05, 0) is 116 Å². The number of benzene rings is 11. The molecule has 590 valence electrons. The molecule has 0 aliphatic heterocycles. The minimum Gasteiger partial charge on any atom is -0.305 e. The fourth-order valence-corrected chi connectivity index (χ4v) is 11.4. The number of hydrogen-bond acceptors (Lipinski definition) is 8. The molecule has 0 saturated heterocycles. The molecule has 4 radical (unpaired) electrons. The molecule has 0 amide bonds. The molecule has 0 unspecified atom stereocenters. The van der Waals surface area contributed by atoms with E-state index in [4.69, 9.17) is 0 Å². The van der Waals surface area contributed by atoms with Gasteiger partial charge in [0.1, 0.15) is 0 Å². The Morgan fingerprint density at radius 1 is 0.151 bits per heavy atom. The topological polar surface area (TPSA) is 103 Å². The van der Waals surface area contributed by atoms with Gasteiger partial charge in [0.15, 0.2) is 0 Å². The van der Waals surface area contributed by atoms with Gasteiger partial charge in [0.25, 0.3) is 0 Å². The maximum atomic E-state index is 4.40. The second-order valence-corrected chi connectivity index (χ2v) is 25.2. The molecule has 8 heterocycles. The van der Waals surface area contributed by atoms with Crippen molar-refractivity contribution >= 4 is 0 Å². The molecule has 19 aromatic rings. The van der Waals surface area contributed by atoms with Crippen LogP contribution >= 0.6 is 0 Å². The van der Waals surface area contributed by atoms with Gasteiger partial charge in [0, 0.05) is 130 Å². The summed E-state index contributed by atoms with van der Waals surface area (Å²) in [4.78, 5) is 34.2. The van der Waals surface area contributed by atoms with Gasteiger partial charge in [-0.2, -0.15) is 0 Å². The van der Waals surface area contributed by atoms with Crippen molar-refractivity contribution < 1.29 is 80.4 Å². The largest absolute Gasteiger partial charge is 0.305 e. The molecule has 11 aromatic carbocycles. The van der Waals surface area contributed by atoms with E-state index in [0.29, 0.717) is 0 Å². The Balaban J connectivity index is 0.000000170. The van der Waals surface area contributed by atoms with Crippen LogP contribution in [0.5, 0.6) is 0 Å². The third kappa shape index (κ3) is 30.7. The van der Waals surface area contributed by atoms with Gasteiger partial charge in [-0.25, -0.2) is 0 Å². The number of aryl methyl sites for hydroxylation is 1. The van der Waals surface area contributed by atoms with E-state index in [2.05, 4.69) is 168 Å². The summed E-state index contributed by atoms with van der Waals surface area (Å²) in [6.07, 6.45) is 14.4. The van der Waals surface area contributed by atoms with Crippen LogP contribution in [0, 0.1) is 55.5 Å². The number of rotatable bonds is 11. The van der Waals surface area contributed by atoms with Gasteiger partial charge in [-0.15, -0.1) is 286 Å². The van der Waals surface area contributed by atoms with Crippen molar-refractivity contribution in [2.45, 2.75) is 6.92 Å². The summed E-state index contributed by atoms with van der Waals surface area (Å²) >= 11 is 0. The van der Waals surface area contributed by atoms with Crippen molar-refractivity contribution in [3.63, 3.8) is 0 Å². The quantitative estimate of drug-likeness (QED) is 0.118. The third-order valence-corrected chi connectivity index (χ3v) is 17.0. The van der Waals surface area contributed by atoms with Crippen molar-refractivity contribution in [2.75, 3.05) is 0 Å². The predicted octanol–water partition coefficient (Wildman–Crippen LogP) is 25.7. The maximum absolute atomic E-state index is 4.40.